The molecule has 0 spiro atoms. The minimum atomic E-state index is -0.994. The monoisotopic (exact) mass is 283 g/mol. The van der Waals surface area contributed by atoms with Crippen LogP contribution in [0.3, 0.4) is 0 Å². The fourth-order valence-electron chi connectivity index (χ4n) is 2.26. The number of carboxylic acid groups (broad SMARTS) is 1. The molecule has 0 radical (unpaired) electrons. The Kier molecular flexibility index (Phi) is 4.99. The number of halogens is 1. The quantitative estimate of drug-likeness (QED) is 0.620. The van der Waals surface area contributed by atoms with Crippen LogP contribution in [0.25, 0.3) is 0 Å². The van der Waals surface area contributed by atoms with Crippen LogP contribution in [0, 0.1) is 0 Å². The molecule has 0 aliphatic carbocycles. The number of aromatic nitrogens is 1. The molecule has 0 bridgehead atoms. The zero-order chi connectivity index (χ0) is 13.7. The Labute approximate surface area is 117 Å². The number of carboxylic acids is 1. The number of pyridine rings is 1. The first-order chi connectivity index (χ1) is 9.16. The van der Waals surface area contributed by atoms with Gasteiger partial charge < -0.3 is 15.3 Å². The van der Waals surface area contributed by atoms with Crippen LogP contribution in [-0.2, 0) is 0 Å². The van der Waals surface area contributed by atoms with Gasteiger partial charge in [-0.05, 0) is 51.0 Å². The predicted octanol–water partition coefficient (Wildman–Crippen LogP) is 2.33. The number of carbonyl (C=O) groups is 1. The van der Waals surface area contributed by atoms with Gasteiger partial charge in [-0.2, -0.15) is 0 Å². The predicted molar refractivity (Wildman–Crippen MR) is 75.0 cm³/mol. The molecule has 1 aliphatic heterocycles. The number of likely N-dealkylation sites (tertiary alicyclic amines) is 1. The number of rotatable bonds is 6. The summed E-state index contributed by atoms with van der Waals surface area (Å²) < 4.78 is 0. The third kappa shape index (κ3) is 4.08. The standard InChI is InChI=1S/C13H18ClN3O2/c14-11-5-4-10(13(18)19)12(16-11)15-6-3-9-17-7-1-2-8-17/h4-5H,1-3,6-9H2,(H,15,16)(H,18,19). The van der Waals surface area contributed by atoms with Crippen molar-refractivity contribution in [1.29, 1.82) is 0 Å². The van der Waals surface area contributed by atoms with Gasteiger partial charge in [0, 0.05) is 6.54 Å². The molecule has 2 heterocycles. The van der Waals surface area contributed by atoms with Gasteiger partial charge in [0.1, 0.15) is 16.5 Å². The Morgan fingerprint density at radius 2 is 2.16 bits per heavy atom. The first kappa shape index (κ1) is 14.1. The smallest absolute Gasteiger partial charge is 0.339 e. The molecule has 0 unspecified atom stereocenters. The number of nitrogens with zero attached hydrogens (tertiary/aromatic N) is 2. The van der Waals surface area contributed by atoms with Gasteiger partial charge in [-0.1, -0.05) is 11.6 Å². The average molecular weight is 284 g/mol. The molecule has 2 N–H and O–H groups in total. The minimum Gasteiger partial charge on any atom is -0.478 e. The molecule has 1 aromatic heterocycles. The highest BCUT2D eigenvalue weighted by Crippen LogP contribution is 2.16. The highest BCUT2D eigenvalue weighted by molar-refractivity contribution is 6.29. The summed E-state index contributed by atoms with van der Waals surface area (Å²) in [6.07, 6.45) is 3.53. The molecular weight excluding hydrogens is 266 g/mol. The summed E-state index contributed by atoms with van der Waals surface area (Å²) in [6, 6.07) is 2.96. The van der Waals surface area contributed by atoms with E-state index in [0.29, 0.717) is 17.5 Å². The maximum Gasteiger partial charge on any atom is 0.339 e. The summed E-state index contributed by atoms with van der Waals surface area (Å²) in [5, 5.41) is 12.4. The van der Waals surface area contributed by atoms with Gasteiger partial charge in [-0.25, -0.2) is 9.78 Å². The third-order valence-corrected chi connectivity index (χ3v) is 3.44. The van der Waals surface area contributed by atoms with Crippen molar-refractivity contribution in [3.63, 3.8) is 0 Å². The summed E-state index contributed by atoms with van der Waals surface area (Å²) in [7, 11) is 0. The Morgan fingerprint density at radius 1 is 1.42 bits per heavy atom. The number of aromatic carboxylic acids is 1. The van der Waals surface area contributed by atoms with Gasteiger partial charge in [-0.3, -0.25) is 0 Å². The van der Waals surface area contributed by atoms with Gasteiger partial charge in [-0.15, -0.1) is 0 Å². The fraction of sp³-hybridized carbons (Fsp3) is 0.538. The van der Waals surface area contributed by atoms with E-state index in [0.717, 1.165) is 13.0 Å². The summed E-state index contributed by atoms with van der Waals surface area (Å²) >= 11 is 5.79. The van der Waals surface area contributed by atoms with Gasteiger partial charge in [0.05, 0.1) is 0 Å². The van der Waals surface area contributed by atoms with E-state index in [-0.39, 0.29) is 5.56 Å². The van der Waals surface area contributed by atoms with Gasteiger partial charge >= 0.3 is 5.97 Å². The van der Waals surface area contributed by atoms with Gasteiger partial charge in [0.2, 0.25) is 0 Å². The van der Waals surface area contributed by atoms with E-state index in [2.05, 4.69) is 15.2 Å². The number of hydrogen-bond acceptors (Lipinski definition) is 4. The van der Waals surface area contributed by atoms with Crippen LogP contribution in [0.4, 0.5) is 5.82 Å². The van der Waals surface area contributed by atoms with E-state index in [9.17, 15) is 4.79 Å². The van der Waals surface area contributed by atoms with Crippen molar-refractivity contribution in [2.45, 2.75) is 19.3 Å². The highest BCUT2D eigenvalue weighted by atomic mass is 35.5. The summed E-state index contributed by atoms with van der Waals surface area (Å²) in [6.45, 7) is 4.09. The molecule has 5 nitrogen and oxygen atoms in total. The number of nitrogens with one attached hydrogen (secondary N) is 1. The highest BCUT2D eigenvalue weighted by Gasteiger charge is 2.13. The van der Waals surface area contributed by atoms with Crippen molar-refractivity contribution in [2.75, 3.05) is 31.5 Å². The molecule has 6 heteroatoms. The van der Waals surface area contributed by atoms with Crippen LogP contribution in [0.15, 0.2) is 12.1 Å². The second-order valence-corrected chi connectivity index (χ2v) is 5.05. The molecule has 2 rings (SSSR count). The van der Waals surface area contributed by atoms with E-state index in [4.69, 9.17) is 16.7 Å². The molecule has 0 saturated carbocycles. The van der Waals surface area contributed by atoms with E-state index < -0.39 is 5.97 Å². The SMILES string of the molecule is O=C(O)c1ccc(Cl)nc1NCCCN1CCCC1. The first-order valence-electron chi connectivity index (χ1n) is 6.53. The first-order valence-corrected chi connectivity index (χ1v) is 6.90. The second kappa shape index (κ2) is 6.73. The second-order valence-electron chi connectivity index (χ2n) is 4.66. The van der Waals surface area contributed by atoms with Crippen molar-refractivity contribution in [2.24, 2.45) is 0 Å². The third-order valence-electron chi connectivity index (χ3n) is 3.23. The van der Waals surface area contributed by atoms with Crippen LogP contribution < -0.4 is 5.32 Å². The fourth-order valence-corrected chi connectivity index (χ4v) is 2.41. The van der Waals surface area contributed by atoms with E-state index >= 15 is 0 Å². The normalized spacial score (nSPS) is 15.6. The topological polar surface area (TPSA) is 65.5 Å². The van der Waals surface area contributed by atoms with Crippen LogP contribution in [0.1, 0.15) is 29.6 Å². The van der Waals surface area contributed by atoms with Crippen LogP contribution >= 0.6 is 11.6 Å². The molecule has 0 aromatic carbocycles. The van der Waals surface area contributed by atoms with Crippen molar-refractivity contribution < 1.29 is 9.90 Å². The van der Waals surface area contributed by atoms with Gasteiger partial charge in [0.25, 0.3) is 0 Å². The molecule has 104 valence electrons. The van der Waals surface area contributed by atoms with Gasteiger partial charge in [0.15, 0.2) is 0 Å². The van der Waals surface area contributed by atoms with Crippen molar-refractivity contribution in [3.8, 4) is 0 Å². The van der Waals surface area contributed by atoms with E-state index in [1.54, 1.807) is 0 Å². The molecule has 1 aromatic rings. The Bertz CT molecular complexity index is 448. The minimum absolute atomic E-state index is 0.158. The summed E-state index contributed by atoms with van der Waals surface area (Å²) in [4.78, 5) is 17.5. The van der Waals surface area contributed by atoms with E-state index in [1.807, 2.05) is 0 Å². The Hall–Kier alpha value is -1.33. The van der Waals surface area contributed by atoms with Crippen molar-refractivity contribution >= 4 is 23.4 Å². The zero-order valence-corrected chi connectivity index (χ0v) is 11.5. The van der Waals surface area contributed by atoms with Crippen LogP contribution in [0.5, 0.6) is 0 Å². The lowest BCUT2D eigenvalue weighted by molar-refractivity contribution is 0.0697. The van der Waals surface area contributed by atoms with Crippen molar-refractivity contribution in [1.82, 2.24) is 9.88 Å². The zero-order valence-electron chi connectivity index (χ0n) is 10.7. The molecule has 0 amide bonds. The van der Waals surface area contributed by atoms with Crippen LogP contribution in [-0.4, -0.2) is 47.1 Å². The maximum absolute atomic E-state index is 11.0. The lowest BCUT2D eigenvalue weighted by atomic mass is 10.2. The lowest BCUT2D eigenvalue weighted by Gasteiger charge is -2.15. The number of hydrogen-bond donors (Lipinski definition) is 2. The summed E-state index contributed by atoms with van der Waals surface area (Å²) in [5.41, 5.74) is 0.158. The molecular formula is C13H18ClN3O2. The average Bonchev–Trinajstić information content (AvgIpc) is 2.87. The largest absolute Gasteiger partial charge is 0.478 e. The van der Waals surface area contributed by atoms with Crippen molar-refractivity contribution in [3.05, 3.63) is 22.8 Å². The van der Waals surface area contributed by atoms with E-state index in [1.165, 1.54) is 38.1 Å². The summed E-state index contributed by atoms with van der Waals surface area (Å²) in [5.74, 6) is -0.646. The molecule has 1 aliphatic rings. The molecule has 1 saturated heterocycles. The molecule has 1 fully saturated rings. The van der Waals surface area contributed by atoms with Crippen LogP contribution in [0.2, 0.25) is 5.15 Å². The Morgan fingerprint density at radius 3 is 2.84 bits per heavy atom. The maximum atomic E-state index is 11.0. The molecule has 0 atom stereocenters. The lowest BCUT2D eigenvalue weighted by Crippen LogP contribution is -2.22. The molecule has 19 heavy (non-hydrogen) atoms. The Balaban J connectivity index is 1.84. The number of anilines is 1.